The molecule has 0 spiro atoms. The minimum Gasteiger partial charge on any atom is -0.476 e. The molecule has 2 aliphatic carbocycles. The van der Waals surface area contributed by atoms with E-state index in [4.69, 9.17) is 20.2 Å². The van der Waals surface area contributed by atoms with Crippen molar-refractivity contribution in [2.24, 2.45) is 5.73 Å². The highest BCUT2D eigenvalue weighted by Crippen LogP contribution is 2.37. The lowest BCUT2D eigenvalue weighted by Gasteiger charge is -2.36. The van der Waals surface area contributed by atoms with Gasteiger partial charge in [0.05, 0.1) is 18.4 Å². The minimum atomic E-state index is 0.191. The molecule has 6 rings (SSSR count). The van der Waals surface area contributed by atoms with Crippen molar-refractivity contribution >= 4 is 11.6 Å². The molecule has 2 fully saturated rings. The summed E-state index contributed by atoms with van der Waals surface area (Å²) in [5.74, 6) is 2.58. The van der Waals surface area contributed by atoms with E-state index in [0.29, 0.717) is 31.0 Å². The number of ether oxygens (including phenoxy) is 2. The normalized spacial score (nSPS) is 28.9. The molecule has 2 aromatic heterocycles. The van der Waals surface area contributed by atoms with Gasteiger partial charge in [-0.3, -0.25) is 5.10 Å². The summed E-state index contributed by atoms with van der Waals surface area (Å²) in [5, 5.41) is 14.3. The molecule has 0 amide bonds. The number of hydrogen-bond acceptors (Lipinski definition) is 7. The molecule has 2 aromatic rings. The van der Waals surface area contributed by atoms with Gasteiger partial charge in [0, 0.05) is 30.3 Å². The van der Waals surface area contributed by atoms with E-state index in [1.807, 2.05) is 12.1 Å². The number of hydrogen-bond donors (Lipinski definition) is 4. The van der Waals surface area contributed by atoms with Crippen molar-refractivity contribution in [3.63, 3.8) is 0 Å². The molecule has 0 unspecified atom stereocenters. The Morgan fingerprint density at radius 3 is 2.86 bits per heavy atom. The average molecular weight is 396 g/mol. The summed E-state index contributed by atoms with van der Waals surface area (Å²) < 4.78 is 12.1. The maximum atomic E-state index is 6.07. The lowest BCUT2D eigenvalue weighted by Crippen LogP contribution is -2.45. The third kappa shape index (κ3) is 4.09. The van der Waals surface area contributed by atoms with Crippen LogP contribution in [0.1, 0.15) is 55.0 Å². The number of nitrogens with one attached hydrogen (secondary N) is 3. The van der Waals surface area contributed by atoms with Crippen molar-refractivity contribution in [1.82, 2.24) is 20.5 Å². The zero-order chi connectivity index (χ0) is 19.8. The highest BCUT2D eigenvalue weighted by atomic mass is 16.5. The SMILES string of the molecule is C=C1NC2CC(C2)OCc2cc(CN)cc(n2)Nc2cc([nH]n2)[C@H]2CC[C@H](C2)O1. The van der Waals surface area contributed by atoms with E-state index in [1.165, 1.54) is 0 Å². The molecule has 8 heteroatoms. The van der Waals surface area contributed by atoms with E-state index in [9.17, 15) is 0 Å². The van der Waals surface area contributed by atoms with Crippen molar-refractivity contribution in [2.45, 2.75) is 69.4 Å². The molecular formula is C21H28N6O2. The van der Waals surface area contributed by atoms with E-state index in [0.717, 1.165) is 60.7 Å². The summed E-state index contributed by atoms with van der Waals surface area (Å²) >= 11 is 0. The van der Waals surface area contributed by atoms with Crippen LogP contribution in [0, 0.1) is 0 Å². The van der Waals surface area contributed by atoms with Crippen molar-refractivity contribution < 1.29 is 9.47 Å². The van der Waals surface area contributed by atoms with E-state index < -0.39 is 0 Å². The van der Waals surface area contributed by atoms with Gasteiger partial charge in [-0.05, 0) is 56.4 Å². The molecular weight excluding hydrogens is 368 g/mol. The zero-order valence-electron chi connectivity index (χ0n) is 16.5. The Balaban J connectivity index is 1.39. The van der Waals surface area contributed by atoms with Crippen molar-refractivity contribution in [3.8, 4) is 0 Å². The summed E-state index contributed by atoms with van der Waals surface area (Å²) in [7, 11) is 0. The van der Waals surface area contributed by atoms with Crippen LogP contribution >= 0.6 is 0 Å². The maximum Gasteiger partial charge on any atom is 0.179 e. The van der Waals surface area contributed by atoms with Gasteiger partial charge in [-0.25, -0.2) is 4.98 Å². The smallest absolute Gasteiger partial charge is 0.179 e. The van der Waals surface area contributed by atoms with Crippen LogP contribution in [-0.4, -0.2) is 33.4 Å². The molecule has 4 aliphatic rings. The first-order valence-electron chi connectivity index (χ1n) is 10.4. The standard InChI is InChI=1S/C21H28N6O2/c1-12-23-15-7-18(8-15)28-11-16-4-13(10-22)5-20(24-16)25-21-9-19(26-27-21)14-2-3-17(6-14)29-12/h4-5,9,14-15,17-18,23H,1-3,6-8,10-11,22H2,(H2,24,25,26,27)/t14-,15?,17+,18?/m0/s1. The lowest BCUT2D eigenvalue weighted by molar-refractivity contribution is -0.0311. The number of rotatable bonds is 1. The van der Waals surface area contributed by atoms with E-state index in [2.05, 4.69) is 33.5 Å². The fourth-order valence-corrected chi connectivity index (χ4v) is 4.46. The number of nitrogens with two attached hydrogens (primary N) is 1. The maximum absolute atomic E-state index is 6.07. The number of anilines is 2. The van der Waals surface area contributed by atoms with Crippen LogP contribution in [0.4, 0.5) is 11.6 Å². The van der Waals surface area contributed by atoms with Gasteiger partial charge in [-0.1, -0.05) is 0 Å². The Morgan fingerprint density at radius 2 is 2.00 bits per heavy atom. The van der Waals surface area contributed by atoms with Gasteiger partial charge in [0.2, 0.25) is 0 Å². The number of aromatic amines is 1. The number of fused-ring (bicyclic) bond motifs is 3. The molecule has 154 valence electrons. The van der Waals surface area contributed by atoms with Gasteiger partial charge >= 0.3 is 0 Å². The Hall–Kier alpha value is -2.58. The van der Waals surface area contributed by atoms with Crippen molar-refractivity contribution in [3.05, 3.63) is 47.6 Å². The van der Waals surface area contributed by atoms with Gasteiger partial charge in [-0.15, -0.1) is 0 Å². The topological polar surface area (TPSA) is 110 Å². The van der Waals surface area contributed by atoms with Gasteiger partial charge in [-0.2, -0.15) is 5.10 Å². The average Bonchev–Trinajstić information content (AvgIpc) is 3.32. The summed E-state index contributed by atoms with van der Waals surface area (Å²) in [4.78, 5) is 4.69. The van der Waals surface area contributed by atoms with E-state index >= 15 is 0 Å². The first-order valence-corrected chi connectivity index (χ1v) is 10.4. The largest absolute Gasteiger partial charge is 0.476 e. The highest BCUT2D eigenvalue weighted by Gasteiger charge is 2.32. The molecule has 2 atom stereocenters. The Labute approximate surface area is 170 Å². The number of H-pyrrole nitrogens is 1. The molecule has 8 nitrogen and oxygen atoms in total. The number of pyridine rings is 1. The van der Waals surface area contributed by atoms with Crippen LogP contribution in [0.2, 0.25) is 0 Å². The second-order valence-electron chi connectivity index (χ2n) is 8.31. The fourth-order valence-electron chi connectivity index (χ4n) is 4.46. The summed E-state index contributed by atoms with van der Waals surface area (Å²) in [6.07, 6.45) is 5.37. The third-order valence-corrected chi connectivity index (χ3v) is 6.09. The van der Waals surface area contributed by atoms with Gasteiger partial charge in [0.1, 0.15) is 11.9 Å². The van der Waals surface area contributed by atoms with Crippen LogP contribution in [0.15, 0.2) is 30.7 Å². The van der Waals surface area contributed by atoms with Crippen molar-refractivity contribution in [1.29, 1.82) is 0 Å². The monoisotopic (exact) mass is 396 g/mol. The number of aromatic nitrogens is 3. The molecule has 0 saturated heterocycles. The van der Waals surface area contributed by atoms with Crippen LogP contribution in [0.3, 0.4) is 0 Å². The number of nitrogens with zero attached hydrogens (tertiary/aromatic N) is 2. The van der Waals surface area contributed by atoms with E-state index in [1.54, 1.807) is 0 Å². The quantitative estimate of drug-likeness (QED) is 0.587. The molecule has 8 bridgehead atoms. The van der Waals surface area contributed by atoms with Crippen LogP contribution in [-0.2, 0) is 22.6 Å². The van der Waals surface area contributed by atoms with Gasteiger partial charge in [0.15, 0.2) is 11.7 Å². The second kappa shape index (κ2) is 7.68. The predicted octanol–water partition coefficient (Wildman–Crippen LogP) is 2.78. The zero-order valence-corrected chi connectivity index (χ0v) is 16.5. The minimum absolute atomic E-state index is 0.191. The van der Waals surface area contributed by atoms with Crippen LogP contribution in [0.25, 0.3) is 0 Å². The molecule has 5 N–H and O–H groups in total. The molecule has 2 aliphatic heterocycles. The predicted molar refractivity (Wildman–Crippen MR) is 109 cm³/mol. The summed E-state index contributed by atoms with van der Waals surface area (Å²) in [6.45, 7) is 4.98. The lowest BCUT2D eigenvalue weighted by atomic mass is 9.89. The Bertz CT molecular complexity index is 891. The molecule has 2 saturated carbocycles. The first kappa shape index (κ1) is 18.4. The van der Waals surface area contributed by atoms with Gasteiger partial charge < -0.3 is 25.8 Å². The van der Waals surface area contributed by atoms with Crippen molar-refractivity contribution in [2.75, 3.05) is 5.32 Å². The fraction of sp³-hybridized carbons (Fsp3) is 0.524. The molecule has 29 heavy (non-hydrogen) atoms. The highest BCUT2D eigenvalue weighted by molar-refractivity contribution is 5.53. The molecule has 0 radical (unpaired) electrons. The van der Waals surface area contributed by atoms with Crippen LogP contribution < -0.4 is 16.4 Å². The summed E-state index contributed by atoms with van der Waals surface area (Å²) in [6, 6.07) is 6.39. The Kier molecular flexibility index (Phi) is 4.89. The molecule has 4 heterocycles. The second-order valence-corrected chi connectivity index (χ2v) is 8.31. The molecule has 0 aromatic carbocycles. The summed E-state index contributed by atoms with van der Waals surface area (Å²) in [5.41, 5.74) is 8.90. The third-order valence-electron chi connectivity index (χ3n) is 6.09. The first-order chi connectivity index (χ1) is 14.1. The van der Waals surface area contributed by atoms with Gasteiger partial charge in [0.25, 0.3) is 0 Å². The Morgan fingerprint density at radius 1 is 1.10 bits per heavy atom. The van der Waals surface area contributed by atoms with E-state index in [-0.39, 0.29) is 12.2 Å². The van der Waals surface area contributed by atoms with Crippen LogP contribution in [0.5, 0.6) is 0 Å².